The number of ether oxygens (including phenoxy) is 6. The van der Waals surface area contributed by atoms with E-state index in [2.05, 4.69) is 55.6 Å². The summed E-state index contributed by atoms with van der Waals surface area (Å²) < 4.78 is 34.3. The lowest BCUT2D eigenvalue weighted by Crippen LogP contribution is -2.66. The zero-order valence-corrected chi connectivity index (χ0v) is 54.9. The normalized spacial score (nSPS) is 28.5. The van der Waals surface area contributed by atoms with Gasteiger partial charge >= 0.3 is 0 Å². The van der Waals surface area contributed by atoms with Crippen molar-refractivity contribution in [2.45, 2.75) is 362 Å². The topological polar surface area (TPSA) is 307 Å². The number of carbonyl (C=O) groups excluding carboxylic acids is 1. The van der Waals surface area contributed by atoms with E-state index in [0.29, 0.717) is 6.42 Å². The van der Waals surface area contributed by atoms with E-state index in [1.165, 1.54) is 154 Å². The van der Waals surface area contributed by atoms with E-state index >= 15 is 0 Å². The third kappa shape index (κ3) is 34.1. The summed E-state index contributed by atoms with van der Waals surface area (Å²) in [5, 5.41) is 120. The fourth-order valence-electron chi connectivity index (χ4n) is 11.9. The molecule has 0 aromatic carbocycles. The largest absolute Gasteiger partial charge is 0.394 e. The van der Waals surface area contributed by atoms with E-state index in [1.807, 2.05) is 6.08 Å². The van der Waals surface area contributed by atoms with Crippen LogP contribution in [0.2, 0.25) is 0 Å². The molecule has 17 unspecified atom stereocenters. The minimum atomic E-state index is -1.98. The van der Waals surface area contributed by atoms with Gasteiger partial charge in [-0.05, 0) is 51.4 Å². The number of hydrogen-bond donors (Lipinski definition) is 12. The summed E-state index contributed by atoms with van der Waals surface area (Å²) in [5.41, 5.74) is 0. The molecule has 0 aromatic rings. The molecule has 19 heteroatoms. The molecule has 0 saturated carbocycles. The molecule has 3 heterocycles. The predicted molar refractivity (Wildman–Crippen MR) is 346 cm³/mol. The first kappa shape index (κ1) is 81.0. The Balaban J connectivity index is 1.41. The summed E-state index contributed by atoms with van der Waals surface area (Å²) in [6, 6.07) is -0.984. The third-order valence-corrected chi connectivity index (χ3v) is 17.6. The van der Waals surface area contributed by atoms with E-state index in [1.54, 1.807) is 6.08 Å². The van der Waals surface area contributed by atoms with Crippen molar-refractivity contribution in [1.29, 1.82) is 0 Å². The van der Waals surface area contributed by atoms with Crippen LogP contribution in [0, 0.1) is 0 Å². The minimum Gasteiger partial charge on any atom is -0.394 e. The van der Waals surface area contributed by atoms with Gasteiger partial charge in [0.25, 0.3) is 0 Å². The maximum absolute atomic E-state index is 13.4. The molecule has 0 aromatic heterocycles. The van der Waals surface area contributed by atoms with Crippen LogP contribution in [0.3, 0.4) is 0 Å². The van der Waals surface area contributed by atoms with E-state index in [4.69, 9.17) is 28.4 Å². The molecule has 3 aliphatic heterocycles. The molecule has 520 valence electrons. The van der Waals surface area contributed by atoms with Gasteiger partial charge in [-0.25, -0.2) is 0 Å². The van der Waals surface area contributed by atoms with Crippen LogP contribution in [0.5, 0.6) is 0 Å². The number of rotatable bonds is 54. The zero-order valence-electron chi connectivity index (χ0n) is 54.9. The molecule has 3 rings (SSSR count). The van der Waals surface area contributed by atoms with Gasteiger partial charge in [0.15, 0.2) is 18.9 Å². The van der Waals surface area contributed by atoms with Crippen molar-refractivity contribution in [2.24, 2.45) is 0 Å². The van der Waals surface area contributed by atoms with Crippen LogP contribution in [-0.2, 0) is 33.2 Å². The van der Waals surface area contributed by atoms with Gasteiger partial charge in [-0.15, -0.1) is 0 Å². The Morgan fingerprint density at radius 3 is 1.21 bits per heavy atom. The Hall–Kier alpha value is -2.25. The van der Waals surface area contributed by atoms with E-state index < -0.39 is 124 Å². The summed E-state index contributed by atoms with van der Waals surface area (Å²) in [7, 11) is 0. The van der Waals surface area contributed by atoms with E-state index in [9.17, 15) is 61.0 Å². The number of carbonyl (C=O) groups is 1. The van der Waals surface area contributed by atoms with E-state index in [-0.39, 0.29) is 18.9 Å². The Morgan fingerprint density at radius 1 is 0.416 bits per heavy atom. The van der Waals surface area contributed by atoms with Crippen LogP contribution in [0.1, 0.15) is 258 Å². The molecular weight excluding hydrogens is 1140 g/mol. The van der Waals surface area contributed by atoms with Crippen molar-refractivity contribution in [3.8, 4) is 0 Å². The number of amides is 1. The maximum atomic E-state index is 13.4. The van der Waals surface area contributed by atoms with Crippen LogP contribution < -0.4 is 5.32 Å². The van der Waals surface area contributed by atoms with Crippen LogP contribution >= 0.6 is 0 Å². The molecule has 89 heavy (non-hydrogen) atoms. The third-order valence-electron chi connectivity index (χ3n) is 17.6. The number of nitrogens with one attached hydrogen (secondary N) is 1. The molecule has 19 nitrogen and oxygen atoms in total. The second-order valence-electron chi connectivity index (χ2n) is 25.3. The average Bonchev–Trinajstić information content (AvgIpc) is 1.97. The monoisotopic (exact) mass is 1270 g/mol. The quantitative estimate of drug-likeness (QED) is 0.0199. The van der Waals surface area contributed by atoms with Crippen LogP contribution in [0.25, 0.3) is 0 Å². The first-order valence-electron chi connectivity index (χ1n) is 35.4. The summed E-state index contributed by atoms with van der Waals surface area (Å²) in [4.78, 5) is 13.4. The molecule has 3 aliphatic rings. The highest BCUT2D eigenvalue weighted by molar-refractivity contribution is 5.76. The van der Waals surface area contributed by atoms with Crippen molar-refractivity contribution >= 4 is 5.91 Å². The molecule has 12 N–H and O–H groups in total. The van der Waals surface area contributed by atoms with Crippen molar-refractivity contribution in [3.63, 3.8) is 0 Å². The van der Waals surface area contributed by atoms with Gasteiger partial charge in [0.2, 0.25) is 5.91 Å². The standard InChI is InChI=1S/C70H127NO18/c1-3-5-7-9-11-13-15-17-19-20-21-22-23-24-25-26-27-28-29-30-31-32-34-35-37-39-41-43-45-47-54(75)53(71-58(76)48-46-44-42-40-38-36-33-18-16-14-12-10-8-6-4-2)52-84-68-64(82)61(79)66(56(50-73)86-68)89-70-65(83)62(80)67(57(51-74)87-70)88-69-63(81)60(78)59(77)55(49-72)85-69/h6,8,12,14,18,33,45,47,53-57,59-70,72-75,77-83H,3-5,7,9-11,13,15-17,19-32,34-44,46,48-52H2,1-2H3,(H,71,76)/b8-6-,14-12-,33-18-,47-45+. The number of aliphatic hydroxyl groups excluding tert-OH is 11. The predicted octanol–water partition coefficient (Wildman–Crippen LogP) is 9.39. The molecule has 1 amide bonds. The van der Waals surface area contributed by atoms with Gasteiger partial charge in [0.05, 0.1) is 38.6 Å². The number of unbranched alkanes of at least 4 members (excludes halogenated alkanes) is 32. The summed E-state index contributed by atoms with van der Waals surface area (Å²) >= 11 is 0. The molecule has 3 fully saturated rings. The second-order valence-corrected chi connectivity index (χ2v) is 25.3. The Morgan fingerprint density at radius 2 is 0.775 bits per heavy atom. The number of allylic oxidation sites excluding steroid dienone is 7. The van der Waals surface area contributed by atoms with Crippen molar-refractivity contribution in [1.82, 2.24) is 5.32 Å². The van der Waals surface area contributed by atoms with Gasteiger partial charge in [0, 0.05) is 6.42 Å². The molecule has 0 bridgehead atoms. The lowest BCUT2D eigenvalue weighted by atomic mass is 9.96. The van der Waals surface area contributed by atoms with Gasteiger partial charge in [-0.2, -0.15) is 0 Å². The molecule has 0 radical (unpaired) electrons. The van der Waals surface area contributed by atoms with Crippen LogP contribution in [0.4, 0.5) is 0 Å². The zero-order chi connectivity index (χ0) is 64.7. The second kappa shape index (κ2) is 52.1. The minimum absolute atomic E-state index is 0.223. The molecular formula is C70H127NO18. The lowest BCUT2D eigenvalue weighted by Gasteiger charge is -2.48. The molecule has 0 aliphatic carbocycles. The first-order chi connectivity index (χ1) is 43.3. The Bertz CT molecular complexity index is 1800. The summed E-state index contributed by atoms with van der Waals surface area (Å²) in [6.45, 7) is 1.62. The fraction of sp³-hybridized carbons (Fsp3) is 0.871. The Kier molecular flexibility index (Phi) is 47.4. The van der Waals surface area contributed by atoms with Gasteiger partial charge in [0.1, 0.15) is 73.2 Å². The van der Waals surface area contributed by atoms with Crippen LogP contribution in [-0.4, -0.2) is 193 Å². The SMILES string of the molecule is CC/C=C\C/C=C\C/C=C\CCCCCCCC(=O)NC(COC1OC(CO)C(OC2OC(CO)C(OC3OC(CO)C(O)C(O)C3O)C(O)C2O)C(O)C1O)C(O)/C=C/CCCCCCCCCCCCCCCCCCCCCCCCCCCCC. The highest BCUT2D eigenvalue weighted by Gasteiger charge is 2.53. The molecule has 3 saturated heterocycles. The first-order valence-corrected chi connectivity index (χ1v) is 35.4. The highest BCUT2D eigenvalue weighted by Crippen LogP contribution is 2.33. The van der Waals surface area contributed by atoms with Crippen molar-refractivity contribution < 1.29 is 89.4 Å². The van der Waals surface area contributed by atoms with Crippen molar-refractivity contribution in [2.75, 3.05) is 26.4 Å². The summed E-state index contributed by atoms with van der Waals surface area (Å²) in [6.07, 6.45) is 35.3. The van der Waals surface area contributed by atoms with Crippen LogP contribution in [0.15, 0.2) is 48.6 Å². The molecule has 17 atom stereocenters. The summed E-state index contributed by atoms with van der Waals surface area (Å²) in [5.74, 6) is -0.292. The van der Waals surface area contributed by atoms with Gasteiger partial charge < -0.3 is 89.9 Å². The number of aliphatic hydroxyl groups is 11. The van der Waals surface area contributed by atoms with Gasteiger partial charge in [-0.1, -0.05) is 249 Å². The number of hydrogen-bond acceptors (Lipinski definition) is 18. The maximum Gasteiger partial charge on any atom is 0.220 e. The fourth-order valence-corrected chi connectivity index (χ4v) is 11.9. The smallest absolute Gasteiger partial charge is 0.220 e. The Labute approximate surface area is 535 Å². The van der Waals surface area contributed by atoms with Crippen molar-refractivity contribution in [3.05, 3.63) is 48.6 Å². The lowest BCUT2D eigenvalue weighted by molar-refractivity contribution is -0.379. The molecule has 0 spiro atoms. The van der Waals surface area contributed by atoms with Gasteiger partial charge in [-0.3, -0.25) is 4.79 Å². The highest BCUT2D eigenvalue weighted by atomic mass is 16.8. The van der Waals surface area contributed by atoms with E-state index in [0.717, 1.165) is 77.0 Å². The average molecular weight is 1270 g/mol.